The number of likely N-dealkylation sites (tertiary alicyclic amines) is 1. The molecule has 0 aliphatic carbocycles. The van der Waals surface area contributed by atoms with Gasteiger partial charge in [0.25, 0.3) is 5.91 Å². The van der Waals surface area contributed by atoms with Gasteiger partial charge in [0.2, 0.25) is 0 Å². The van der Waals surface area contributed by atoms with Gasteiger partial charge in [-0.05, 0) is 37.9 Å². The van der Waals surface area contributed by atoms with Crippen molar-refractivity contribution < 1.29 is 4.79 Å². The van der Waals surface area contributed by atoms with Crippen LogP contribution < -0.4 is 11.1 Å². The number of nitrogens with one attached hydrogen (secondary N) is 1. The molecule has 1 aliphatic heterocycles. The van der Waals surface area contributed by atoms with Crippen LogP contribution in [0, 0.1) is 5.92 Å². The Morgan fingerprint density at radius 3 is 2.92 bits per heavy atom. The molecule has 0 spiro atoms. The summed E-state index contributed by atoms with van der Waals surface area (Å²) in [4.78, 5) is 19.2. The number of nitrogens with two attached hydrogens (primary N) is 1. The minimum atomic E-state index is -0.0754. The van der Waals surface area contributed by atoms with Crippen molar-refractivity contribution in [2.24, 2.45) is 11.7 Å². The molecule has 0 bridgehead atoms. The molecule has 1 aliphatic rings. The quantitative estimate of drug-likeness (QED) is 0.757. The van der Waals surface area contributed by atoms with Crippen molar-refractivity contribution in [1.82, 2.24) is 15.2 Å². The van der Waals surface area contributed by atoms with Gasteiger partial charge in [-0.15, -0.1) is 23.7 Å². The zero-order valence-electron chi connectivity index (χ0n) is 15.1. The number of hydrogen-bond acceptors (Lipinski definition) is 5. The number of thiazole rings is 1. The lowest BCUT2D eigenvalue weighted by Crippen LogP contribution is -2.39. The molecule has 2 unspecified atom stereocenters. The molecule has 7 heteroatoms. The number of carbonyl (C=O) groups excluding carboxylic acids is 1. The molecule has 1 fully saturated rings. The van der Waals surface area contributed by atoms with Gasteiger partial charge in [-0.25, -0.2) is 4.98 Å². The van der Waals surface area contributed by atoms with Gasteiger partial charge < -0.3 is 11.1 Å². The molecule has 2 heterocycles. The lowest BCUT2D eigenvalue weighted by atomic mass is 10.0. The van der Waals surface area contributed by atoms with Gasteiger partial charge in [0, 0.05) is 30.9 Å². The number of benzene rings is 1. The summed E-state index contributed by atoms with van der Waals surface area (Å²) in [5.74, 6) is 0.406. The highest BCUT2D eigenvalue weighted by Gasteiger charge is 2.28. The molecule has 26 heavy (non-hydrogen) atoms. The molecule has 3 N–H and O–H groups in total. The maximum absolute atomic E-state index is 12.4. The summed E-state index contributed by atoms with van der Waals surface area (Å²) in [6.45, 7) is 5.74. The first kappa shape index (κ1) is 20.8. The fourth-order valence-corrected chi connectivity index (χ4v) is 4.10. The Hall–Kier alpha value is -1.47. The van der Waals surface area contributed by atoms with Crippen molar-refractivity contribution in [3.8, 4) is 0 Å². The number of halogens is 1. The van der Waals surface area contributed by atoms with Crippen molar-refractivity contribution in [3.05, 3.63) is 52.0 Å². The summed E-state index contributed by atoms with van der Waals surface area (Å²) in [6.07, 6.45) is 1.84. The first-order valence-corrected chi connectivity index (χ1v) is 9.75. The fourth-order valence-electron chi connectivity index (χ4n) is 3.31. The van der Waals surface area contributed by atoms with E-state index in [1.54, 1.807) is 0 Å². The van der Waals surface area contributed by atoms with Crippen molar-refractivity contribution in [2.75, 3.05) is 19.6 Å². The summed E-state index contributed by atoms with van der Waals surface area (Å²) in [7, 11) is 0. The zero-order chi connectivity index (χ0) is 17.6. The number of rotatable bonds is 7. The van der Waals surface area contributed by atoms with E-state index in [4.69, 9.17) is 5.73 Å². The van der Waals surface area contributed by atoms with Crippen LogP contribution in [-0.2, 0) is 13.0 Å². The van der Waals surface area contributed by atoms with E-state index in [2.05, 4.69) is 46.4 Å². The van der Waals surface area contributed by atoms with Crippen molar-refractivity contribution in [1.29, 1.82) is 0 Å². The monoisotopic (exact) mass is 394 g/mol. The molecule has 0 radical (unpaired) electrons. The molecule has 2 aromatic rings. The van der Waals surface area contributed by atoms with Crippen molar-refractivity contribution >= 4 is 29.7 Å². The van der Waals surface area contributed by atoms with Gasteiger partial charge in [-0.2, -0.15) is 0 Å². The highest BCUT2D eigenvalue weighted by atomic mass is 35.5. The highest BCUT2D eigenvalue weighted by molar-refractivity contribution is 7.09. The van der Waals surface area contributed by atoms with Crippen LogP contribution in [0.2, 0.25) is 0 Å². The molecular weight excluding hydrogens is 368 g/mol. The normalized spacial score (nSPS) is 18.3. The largest absolute Gasteiger partial charge is 0.348 e. The maximum Gasteiger partial charge on any atom is 0.270 e. The predicted octanol–water partition coefficient (Wildman–Crippen LogP) is 2.71. The maximum atomic E-state index is 12.4. The van der Waals surface area contributed by atoms with E-state index in [9.17, 15) is 4.79 Å². The second-order valence-electron chi connectivity index (χ2n) is 6.70. The van der Waals surface area contributed by atoms with E-state index in [0.29, 0.717) is 18.2 Å². The van der Waals surface area contributed by atoms with Gasteiger partial charge >= 0.3 is 0 Å². The second kappa shape index (κ2) is 10.0. The fraction of sp³-hybridized carbons (Fsp3) is 0.474. The number of aromatic nitrogens is 1. The number of nitrogens with zero attached hydrogens (tertiary/aromatic N) is 2. The van der Waals surface area contributed by atoms with E-state index >= 15 is 0 Å². The summed E-state index contributed by atoms with van der Waals surface area (Å²) < 4.78 is 0. The Labute approximate surface area is 165 Å². The molecule has 1 aromatic carbocycles. The Kier molecular flexibility index (Phi) is 8.03. The van der Waals surface area contributed by atoms with Crippen LogP contribution in [0.25, 0.3) is 0 Å². The van der Waals surface area contributed by atoms with Gasteiger partial charge in [0.1, 0.15) is 5.69 Å². The molecule has 3 rings (SSSR count). The molecule has 5 nitrogen and oxygen atoms in total. The van der Waals surface area contributed by atoms with Gasteiger partial charge in [0.15, 0.2) is 0 Å². The topological polar surface area (TPSA) is 71.2 Å². The van der Waals surface area contributed by atoms with E-state index in [-0.39, 0.29) is 24.4 Å². The molecule has 0 saturated carbocycles. The summed E-state index contributed by atoms with van der Waals surface area (Å²) in [5, 5.41) is 5.87. The first-order chi connectivity index (χ1) is 12.2. The first-order valence-electron chi connectivity index (χ1n) is 8.87. The molecule has 1 saturated heterocycles. The lowest BCUT2D eigenvalue weighted by Gasteiger charge is -2.21. The Morgan fingerprint density at radius 2 is 2.19 bits per heavy atom. The summed E-state index contributed by atoms with van der Waals surface area (Å²) in [6, 6.07) is 10.7. The average Bonchev–Trinajstić information content (AvgIpc) is 3.26. The van der Waals surface area contributed by atoms with Crippen LogP contribution in [0.4, 0.5) is 0 Å². The molecule has 1 amide bonds. The molecule has 142 valence electrons. The highest BCUT2D eigenvalue weighted by Crippen LogP contribution is 2.22. The minimum Gasteiger partial charge on any atom is -0.348 e. The predicted molar refractivity (Wildman–Crippen MR) is 109 cm³/mol. The van der Waals surface area contributed by atoms with E-state index in [1.807, 2.05) is 11.4 Å². The average molecular weight is 395 g/mol. The van der Waals surface area contributed by atoms with Crippen LogP contribution in [0.1, 0.15) is 34.4 Å². The third-order valence-electron chi connectivity index (χ3n) is 4.77. The Bertz CT molecular complexity index is 694. The second-order valence-corrected chi connectivity index (χ2v) is 7.64. The Morgan fingerprint density at radius 1 is 1.42 bits per heavy atom. The van der Waals surface area contributed by atoms with Crippen LogP contribution in [-0.4, -0.2) is 41.5 Å². The molecular formula is C19H27ClN4OS. The van der Waals surface area contributed by atoms with E-state index < -0.39 is 0 Å². The Balaban J connectivity index is 0.00000243. The van der Waals surface area contributed by atoms with Crippen molar-refractivity contribution in [2.45, 2.75) is 32.4 Å². The van der Waals surface area contributed by atoms with Crippen LogP contribution in [0.3, 0.4) is 0 Å². The third kappa shape index (κ3) is 5.51. The molecule has 1 aromatic heterocycles. The van der Waals surface area contributed by atoms with Crippen LogP contribution in [0.15, 0.2) is 35.7 Å². The van der Waals surface area contributed by atoms with E-state index in [0.717, 1.165) is 37.5 Å². The summed E-state index contributed by atoms with van der Waals surface area (Å²) in [5.41, 5.74) is 7.39. The summed E-state index contributed by atoms with van der Waals surface area (Å²) >= 11 is 1.50. The van der Waals surface area contributed by atoms with Gasteiger partial charge in [-0.3, -0.25) is 9.69 Å². The van der Waals surface area contributed by atoms with Crippen molar-refractivity contribution in [3.63, 3.8) is 0 Å². The smallest absolute Gasteiger partial charge is 0.270 e. The minimum absolute atomic E-state index is 0. The SMILES string of the molecule is CC(NC(=O)c1csc(CCN)n1)C1CCN(Cc2ccccc2)C1.Cl. The number of hydrogen-bond donors (Lipinski definition) is 2. The van der Waals surface area contributed by atoms with E-state index in [1.165, 1.54) is 16.9 Å². The lowest BCUT2D eigenvalue weighted by molar-refractivity contribution is 0.0922. The zero-order valence-corrected chi connectivity index (χ0v) is 16.7. The standard InChI is InChI=1S/C19H26N4OS.ClH/c1-14(21-19(24)17-13-25-18(22-17)7-9-20)16-8-10-23(12-16)11-15-5-3-2-4-6-15;/h2-6,13-14,16H,7-12,20H2,1H3,(H,21,24);1H. The van der Waals surface area contributed by atoms with Crippen LogP contribution >= 0.6 is 23.7 Å². The number of amides is 1. The van der Waals surface area contributed by atoms with Gasteiger partial charge in [0.05, 0.1) is 5.01 Å². The molecule has 2 atom stereocenters. The number of carbonyl (C=O) groups is 1. The van der Waals surface area contributed by atoms with Gasteiger partial charge in [-0.1, -0.05) is 30.3 Å². The third-order valence-corrected chi connectivity index (χ3v) is 5.67. The van der Waals surface area contributed by atoms with Crippen LogP contribution in [0.5, 0.6) is 0 Å².